The number of alkyl halides is 3. The molecule has 1 rings (SSSR count). The number of hydrogen-bond donors (Lipinski definition) is 0. The number of nitrogens with zero attached hydrogens (tertiary/aromatic N) is 3. The average Bonchev–Trinajstić information content (AvgIpc) is 2.41. The first-order valence-corrected chi connectivity index (χ1v) is 7.06. The van der Waals surface area contributed by atoms with E-state index in [2.05, 4.69) is 11.9 Å². The maximum Gasteiger partial charge on any atom is 0.433 e. The molecule has 0 saturated heterocycles. The molecule has 6 heteroatoms. The van der Waals surface area contributed by atoms with Crippen LogP contribution in [0.5, 0.6) is 0 Å². The number of rotatable bonds is 6. The number of aromatic nitrogens is 1. The lowest BCUT2D eigenvalue weighted by atomic mass is 10.1. The van der Waals surface area contributed by atoms with Gasteiger partial charge in [-0.2, -0.15) is 18.4 Å². The summed E-state index contributed by atoms with van der Waals surface area (Å²) in [6.45, 7) is 6.42. The van der Waals surface area contributed by atoms with Crippen LogP contribution in [0.25, 0.3) is 0 Å². The van der Waals surface area contributed by atoms with E-state index < -0.39 is 11.9 Å². The third-order valence-electron chi connectivity index (χ3n) is 3.18. The molecule has 0 aliphatic carbocycles. The first kappa shape index (κ1) is 17.3. The van der Waals surface area contributed by atoms with E-state index in [9.17, 15) is 13.2 Å². The Hall–Kier alpha value is -1.77. The summed E-state index contributed by atoms with van der Waals surface area (Å²) < 4.78 is 38.4. The van der Waals surface area contributed by atoms with Gasteiger partial charge in [0.2, 0.25) is 0 Å². The maximum atomic E-state index is 12.8. The van der Waals surface area contributed by atoms with Gasteiger partial charge in [-0.25, -0.2) is 4.98 Å². The quantitative estimate of drug-likeness (QED) is 0.732. The summed E-state index contributed by atoms with van der Waals surface area (Å²) in [6, 6.07) is 3.95. The molecule has 0 bridgehead atoms. The van der Waals surface area contributed by atoms with Crippen LogP contribution in [-0.4, -0.2) is 17.6 Å². The maximum absolute atomic E-state index is 12.8. The van der Waals surface area contributed by atoms with Gasteiger partial charge in [-0.1, -0.05) is 19.8 Å². The summed E-state index contributed by atoms with van der Waals surface area (Å²) in [5.41, 5.74) is -0.786. The Kier molecular flexibility index (Phi) is 6.01. The molecule has 0 aliphatic heterocycles. The largest absolute Gasteiger partial charge is 0.433 e. The zero-order chi connectivity index (χ0) is 16.0. The van der Waals surface area contributed by atoms with Gasteiger partial charge in [0.15, 0.2) is 0 Å². The average molecular weight is 299 g/mol. The van der Waals surface area contributed by atoms with Crippen molar-refractivity contribution in [3.8, 4) is 6.07 Å². The van der Waals surface area contributed by atoms with Gasteiger partial charge in [-0.15, -0.1) is 0 Å². The molecule has 0 spiro atoms. The zero-order valence-corrected chi connectivity index (χ0v) is 12.5. The van der Waals surface area contributed by atoms with Gasteiger partial charge >= 0.3 is 6.18 Å². The van der Waals surface area contributed by atoms with Crippen molar-refractivity contribution < 1.29 is 13.2 Å². The molecular weight excluding hydrogens is 279 g/mol. The molecule has 0 saturated carbocycles. The second-order valence-corrected chi connectivity index (χ2v) is 5.17. The molecule has 0 amide bonds. The molecule has 0 N–H and O–H groups in total. The summed E-state index contributed by atoms with van der Waals surface area (Å²) in [5.74, 6) is 0.124. The Morgan fingerprint density at radius 3 is 2.43 bits per heavy atom. The van der Waals surface area contributed by atoms with E-state index in [1.165, 1.54) is 6.07 Å². The van der Waals surface area contributed by atoms with Crippen LogP contribution in [0.1, 0.15) is 51.3 Å². The molecule has 21 heavy (non-hydrogen) atoms. The van der Waals surface area contributed by atoms with Crippen LogP contribution in [0.15, 0.2) is 12.1 Å². The molecule has 0 unspecified atom stereocenters. The molecular formula is C15H20F3N3. The van der Waals surface area contributed by atoms with Gasteiger partial charge in [0.05, 0.1) is 5.56 Å². The Bertz CT molecular complexity index is 504. The third kappa shape index (κ3) is 4.62. The van der Waals surface area contributed by atoms with Gasteiger partial charge in [-0.05, 0) is 32.4 Å². The predicted octanol–water partition coefficient (Wildman–Crippen LogP) is 4.38. The fourth-order valence-electron chi connectivity index (χ4n) is 2.05. The lowest BCUT2D eigenvalue weighted by Crippen LogP contribution is -2.33. The highest BCUT2D eigenvalue weighted by molar-refractivity contribution is 5.55. The minimum absolute atomic E-state index is 0.0232. The highest BCUT2D eigenvalue weighted by Crippen LogP contribution is 2.31. The number of unbranched alkanes of at least 4 members (excludes halogenated alkanes) is 2. The van der Waals surface area contributed by atoms with E-state index >= 15 is 0 Å². The topological polar surface area (TPSA) is 39.9 Å². The van der Waals surface area contributed by atoms with Crippen molar-refractivity contribution in [2.24, 2.45) is 0 Å². The van der Waals surface area contributed by atoms with Gasteiger partial charge in [0.1, 0.15) is 17.6 Å². The highest BCUT2D eigenvalue weighted by Gasteiger charge is 2.33. The van der Waals surface area contributed by atoms with Crippen LogP contribution in [0.2, 0.25) is 0 Å². The second-order valence-electron chi connectivity index (χ2n) is 5.17. The van der Waals surface area contributed by atoms with Crippen molar-refractivity contribution in [3.05, 3.63) is 23.4 Å². The molecule has 0 aromatic carbocycles. The summed E-state index contributed by atoms with van der Waals surface area (Å²) >= 11 is 0. The monoisotopic (exact) mass is 299 g/mol. The molecule has 1 heterocycles. The summed E-state index contributed by atoms with van der Waals surface area (Å²) in [6.07, 6.45) is -1.64. The third-order valence-corrected chi connectivity index (χ3v) is 3.18. The minimum Gasteiger partial charge on any atom is -0.353 e. The van der Waals surface area contributed by atoms with E-state index in [0.717, 1.165) is 25.3 Å². The Balaban J connectivity index is 3.18. The molecule has 1 aromatic heterocycles. The molecule has 0 aliphatic rings. The first-order valence-electron chi connectivity index (χ1n) is 7.06. The Morgan fingerprint density at radius 1 is 1.29 bits per heavy atom. The van der Waals surface area contributed by atoms with Gasteiger partial charge in [0, 0.05) is 12.6 Å². The molecule has 3 nitrogen and oxygen atoms in total. The Morgan fingerprint density at radius 2 is 1.95 bits per heavy atom. The number of halogens is 3. The fraction of sp³-hybridized carbons (Fsp3) is 0.600. The van der Waals surface area contributed by atoms with Crippen LogP contribution in [0.3, 0.4) is 0 Å². The lowest BCUT2D eigenvalue weighted by molar-refractivity contribution is -0.141. The van der Waals surface area contributed by atoms with Crippen molar-refractivity contribution >= 4 is 5.82 Å². The molecule has 1 aromatic rings. The zero-order valence-electron chi connectivity index (χ0n) is 12.5. The van der Waals surface area contributed by atoms with Gasteiger partial charge in [-0.3, -0.25) is 0 Å². The summed E-state index contributed by atoms with van der Waals surface area (Å²) in [5, 5.41) is 9.12. The van der Waals surface area contributed by atoms with Crippen molar-refractivity contribution in [1.29, 1.82) is 5.26 Å². The van der Waals surface area contributed by atoms with Crippen LogP contribution in [0.4, 0.5) is 19.0 Å². The summed E-state index contributed by atoms with van der Waals surface area (Å²) in [4.78, 5) is 5.46. The van der Waals surface area contributed by atoms with Gasteiger partial charge < -0.3 is 4.90 Å². The highest BCUT2D eigenvalue weighted by atomic mass is 19.4. The SMILES string of the molecule is CCCCCN(c1nc(C(F)(F)F)ccc1C#N)C(C)C. The normalized spacial score (nSPS) is 11.5. The first-order chi connectivity index (χ1) is 9.81. The van der Waals surface area contributed by atoms with E-state index in [-0.39, 0.29) is 17.4 Å². The van der Waals surface area contributed by atoms with E-state index in [1.54, 1.807) is 4.90 Å². The van der Waals surface area contributed by atoms with E-state index in [4.69, 9.17) is 5.26 Å². The molecule has 0 atom stereocenters. The van der Waals surface area contributed by atoms with Crippen LogP contribution in [-0.2, 0) is 6.18 Å². The van der Waals surface area contributed by atoms with Crippen molar-refractivity contribution in [2.45, 2.75) is 52.3 Å². The summed E-state index contributed by atoms with van der Waals surface area (Å²) in [7, 11) is 0. The predicted molar refractivity (Wildman–Crippen MR) is 76.0 cm³/mol. The number of hydrogen-bond acceptors (Lipinski definition) is 3. The van der Waals surface area contributed by atoms with Crippen LogP contribution in [0, 0.1) is 11.3 Å². The standard InChI is InChI=1S/C15H20F3N3/c1-4-5-6-9-21(11(2)3)14-12(10-19)7-8-13(20-14)15(16,17)18/h7-8,11H,4-6,9H2,1-3H3. The van der Waals surface area contributed by atoms with E-state index in [1.807, 2.05) is 19.9 Å². The van der Waals surface area contributed by atoms with Crippen LogP contribution >= 0.6 is 0 Å². The van der Waals surface area contributed by atoms with Crippen molar-refractivity contribution in [1.82, 2.24) is 4.98 Å². The number of pyridine rings is 1. The fourth-order valence-corrected chi connectivity index (χ4v) is 2.05. The smallest absolute Gasteiger partial charge is 0.353 e. The number of anilines is 1. The molecule has 0 fully saturated rings. The van der Waals surface area contributed by atoms with E-state index in [0.29, 0.717) is 6.54 Å². The molecule has 0 radical (unpaired) electrons. The number of nitriles is 1. The van der Waals surface area contributed by atoms with Crippen LogP contribution < -0.4 is 4.90 Å². The van der Waals surface area contributed by atoms with Crippen molar-refractivity contribution in [3.63, 3.8) is 0 Å². The van der Waals surface area contributed by atoms with Crippen molar-refractivity contribution in [2.75, 3.05) is 11.4 Å². The lowest BCUT2D eigenvalue weighted by Gasteiger charge is -2.29. The van der Waals surface area contributed by atoms with Gasteiger partial charge in [0.25, 0.3) is 0 Å². The second kappa shape index (κ2) is 7.30. The minimum atomic E-state index is -4.51. The molecule has 116 valence electrons. The Labute approximate surface area is 123 Å².